The molecule has 0 saturated heterocycles. The Labute approximate surface area is 125 Å². The number of hydrogen-bond donors (Lipinski definition) is 1. The van der Waals surface area contributed by atoms with E-state index >= 15 is 0 Å². The molecule has 1 amide bonds. The number of nitrogens with one attached hydrogen (secondary N) is 1. The minimum Gasteiger partial charge on any atom is -0.352 e. The van der Waals surface area contributed by atoms with Crippen LogP contribution in [-0.4, -0.2) is 32.0 Å². The molecule has 6 nitrogen and oxygen atoms in total. The third-order valence-corrected chi connectivity index (χ3v) is 3.81. The highest BCUT2D eigenvalue weighted by atomic mass is 16.2. The van der Waals surface area contributed by atoms with E-state index in [1.165, 1.54) is 11.3 Å². The Kier molecular flexibility index (Phi) is 4.77. The van der Waals surface area contributed by atoms with Crippen molar-refractivity contribution < 1.29 is 4.79 Å². The highest BCUT2D eigenvalue weighted by Crippen LogP contribution is 2.13. The molecule has 114 valence electrons. The minimum absolute atomic E-state index is 0.0315. The van der Waals surface area contributed by atoms with E-state index in [9.17, 15) is 4.79 Å². The summed E-state index contributed by atoms with van der Waals surface area (Å²) in [7, 11) is 0. The van der Waals surface area contributed by atoms with Crippen LogP contribution in [0.4, 0.5) is 0 Å². The van der Waals surface area contributed by atoms with Crippen LogP contribution in [0.3, 0.4) is 0 Å². The second kappa shape index (κ2) is 6.56. The first-order valence-corrected chi connectivity index (χ1v) is 7.34. The van der Waals surface area contributed by atoms with E-state index in [1.54, 1.807) is 17.1 Å². The molecule has 1 unspecified atom stereocenters. The van der Waals surface area contributed by atoms with E-state index in [4.69, 9.17) is 0 Å². The summed E-state index contributed by atoms with van der Waals surface area (Å²) in [6, 6.07) is 1.51. The first-order valence-electron chi connectivity index (χ1n) is 7.34. The van der Waals surface area contributed by atoms with E-state index in [-0.39, 0.29) is 11.9 Å². The fourth-order valence-electron chi connectivity index (χ4n) is 2.53. The lowest BCUT2D eigenvalue weighted by Crippen LogP contribution is -2.33. The van der Waals surface area contributed by atoms with Crippen LogP contribution in [0.5, 0.6) is 0 Å². The SMILES string of the molecule is CCc1c(C)nn(CCNC(=O)C(C)n2cccn2)c1C. The summed E-state index contributed by atoms with van der Waals surface area (Å²) in [6.45, 7) is 9.32. The van der Waals surface area contributed by atoms with Crippen LogP contribution in [0.15, 0.2) is 18.5 Å². The van der Waals surface area contributed by atoms with Crippen molar-refractivity contribution in [1.82, 2.24) is 24.9 Å². The molecule has 0 bridgehead atoms. The summed E-state index contributed by atoms with van der Waals surface area (Å²) in [5.41, 5.74) is 3.56. The van der Waals surface area contributed by atoms with E-state index in [1.807, 2.05) is 24.6 Å². The van der Waals surface area contributed by atoms with Crippen LogP contribution in [0.2, 0.25) is 0 Å². The van der Waals surface area contributed by atoms with Gasteiger partial charge in [-0.3, -0.25) is 14.2 Å². The maximum atomic E-state index is 12.0. The number of carbonyl (C=O) groups is 1. The maximum absolute atomic E-state index is 12.0. The molecule has 2 aromatic rings. The third kappa shape index (κ3) is 3.32. The number of rotatable bonds is 6. The van der Waals surface area contributed by atoms with Crippen LogP contribution in [-0.2, 0) is 17.8 Å². The lowest BCUT2D eigenvalue weighted by molar-refractivity contribution is -0.124. The van der Waals surface area contributed by atoms with Gasteiger partial charge < -0.3 is 5.32 Å². The predicted molar refractivity (Wildman–Crippen MR) is 81.0 cm³/mol. The number of aryl methyl sites for hydroxylation is 1. The molecule has 1 N–H and O–H groups in total. The fourth-order valence-corrected chi connectivity index (χ4v) is 2.53. The Morgan fingerprint density at radius 1 is 1.43 bits per heavy atom. The maximum Gasteiger partial charge on any atom is 0.244 e. The normalized spacial score (nSPS) is 12.4. The summed E-state index contributed by atoms with van der Waals surface area (Å²) >= 11 is 0. The summed E-state index contributed by atoms with van der Waals surface area (Å²) in [5, 5.41) is 11.5. The van der Waals surface area contributed by atoms with Crippen LogP contribution >= 0.6 is 0 Å². The standard InChI is InChI=1S/C15H23N5O/c1-5-14-11(2)18-20(12(14)3)10-8-16-15(21)13(4)19-9-6-7-17-19/h6-7,9,13H,5,8,10H2,1-4H3,(H,16,21). The highest BCUT2D eigenvalue weighted by molar-refractivity contribution is 5.79. The van der Waals surface area contributed by atoms with Gasteiger partial charge in [-0.1, -0.05) is 6.92 Å². The van der Waals surface area contributed by atoms with Gasteiger partial charge in [-0.15, -0.1) is 0 Å². The number of carbonyl (C=O) groups excluding carboxylic acids is 1. The summed E-state index contributed by atoms with van der Waals surface area (Å²) in [4.78, 5) is 12.0. The van der Waals surface area contributed by atoms with E-state index < -0.39 is 0 Å². The Morgan fingerprint density at radius 3 is 2.76 bits per heavy atom. The summed E-state index contributed by atoms with van der Waals surface area (Å²) in [5.74, 6) is -0.0315. The van der Waals surface area contributed by atoms with Gasteiger partial charge in [0.05, 0.1) is 12.2 Å². The van der Waals surface area contributed by atoms with Crippen molar-refractivity contribution >= 4 is 5.91 Å². The van der Waals surface area contributed by atoms with Gasteiger partial charge in [-0.2, -0.15) is 10.2 Å². The van der Waals surface area contributed by atoms with Crippen molar-refractivity contribution in [2.45, 2.75) is 46.7 Å². The Hall–Kier alpha value is -2.11. The van der Waals surface area contributed by atoms with Crippen molar-refractivity contribution in [3.63, 3.8) is 0 Å². The van der Waals surface area contributed by atoms with Gasteiger partial charge >= 0.3 is 0 Å². The van der Waals surface area contributed by atoms with Crippen molar-refractivity contribution in [1.29, 1.82) is 0 Å². The molecule has 21 heavy (non-hydrogen) atoms. The van der Waals surface area contributed by atoms with Gasteiger partial charge in [0, 0.05) is 24.6 Å². The summed E-state index contributed by atoms with van der Waals surface area (Å²) < 4.78 is 3.61. The van der Waals surface area contributed by atoms with E-state index in [0.717, 1.165) is 12.1 Å². The molecule has 1 atom stereocenters. The molecular formula is C15H23N5O. The van der Waals surface area contributed by atoms with Crippen LogP contribution in [0.25, 0.3) is 0 Å². The average Bonchev–Trinajstić information content (AvgIpc) is 3.07. The molecule has 0 aliphatic carbocycles. The summed E-state index contributed by atoms with van der Waals surface area (Å²) in [6.07, 6.45) is 4.45. The number of nitrogens with zero attached hydrogens (tertiary/aromatic N) is 4. The molecule has 0 fully saturated rings. The highest BCUT2D eigenvalue weighted by Gasteiger charge is 2.15. The largest absolute Gasteiger partial charge is 0.352 e. The molecule has 0 spiro atoms. The lowest BCUT2D eigenvalue weighted by atomic mass is 10.1. The molecule has 2 heterocycles. The monoisotopic (exact) mass is 289 g/mol. The average molecular weight is 289 g/mol. The van der Waals surface area contributed by atoms with Gasteiger partial charge in [0.15, 0.2) is 0 Å². The second-order valence-corrected chi connectivity index (χ2v) is 5.18. The number of hydrogen-bond acceptors (Lipinski definition) is 3. The quantitative estimate of drug-likeness (QED) is 0.879. The Balaban J connectivity index is 1.88. The molecule has 2 rings (SSSR count). The molecule has 0 aromatic carbocycles. The molecule has 0 radical (unpaired) electrons. The predicted octanol–water partition coefficient (Wildman–Crippen LogP) is 1.64. The van der Waals surface area contributed by atoms with Crippen molar-refractivity contribution in [2.75, 3.05) is 6.54 Å². The molecular weight excluding hydrogens is 266 g/mol. The molecule has 0 saturated carbocycles. The molecule has 2 aromatic heterocycles. The Morgan fingerprint density at radius 2 is 2.19 bits per heavy atom. The zero-order chi connectivity index (χ0) is 15.4. The molecule has 0 aliphatic rings. The first kappa shape index (κ1) is 15.3. The number of amides is 1. The van der Waals surface area contributed by atoms with Crippen molar-refractivity contribution in [3.05, 3.63) is 35.4 Å². The van der Waals surface area contributed by atoms with Gasteiger partial charge in [-0.05, 0) is 38.8 Å². The lowest BCUT2D eigenvalue weighted by Gasteiger charge is -2.13. The minimum atomic E-state index is -0.299. The van der Waals surface area contributed by atoms with Crippen molar-refractivity contribution in [3.8, 4) is 0 Å². The van der Waals surface area contributed by atoms with Gasteiger partial charge in [0.25, 0.3) is 0 Å². The fraction of sp³-hybridized carbons (Fsp3) is 0.533. The molecule has 0 aliphatic heterocycles. The van der Waals surface area contributed by atoms with Crippen LogP contribution < -0.4 is 5.32 Å². The van der Waals surface area contributed by atoms with Gasteiger partial charge in [0.2, 0.25) is 5.91 Å². The van der Waals surface area contributed by atoms with Crippen LogP contribution in [0.1, 0.15) is 36.8 Å². The van der Waals surface area contributed by atoms with E-state index in [0.29, 0.717) is 13.1 Å². The van der Waals surface area contributed by atoms with Crippen LogP contribution in [0, 0.1) is 13.8 Å². The van der Waals surface area contributed by atoms with Gasteiger partial charge in [0.1, 0.15) is 6.04 Å². The Bertz CT molecular complexity index is 600. The first-order chi connectivity index (χ1) is 10.0. The second-order valence-electron chi connectivity index (χ2n) is 5.18. The topological polar surface area (TPSA) is 64.7 Å². The van der Waals surface area contributed by atoms with Crippen molar-refractivity contribution in [2.24, 2.45) is 0 Å². The zero-order valence-electron chi connectivity index (χ0n) is 13.1. The smallest absolute Gasteiger partial charge is 0.244 e. The third-order valence-electron chi connectivity index (χ3n) is 3.81. The van der Waals surface area contributed by atoms with E-state index in [2.05, 4.69) is 29.4 Å². The molecule has 6 heteroatoms. The van der Waals surface area contributed by atoms with Gasteiger partial charge in [-0.25, -0.2) is 0 Å². The zero-order valence-corrected chi connectivity index (χ0v) is 13.1. The number of aromatic nitrogens is 4.